The van der Waals surface area contributed by atoms with Gasteiger partial charge in [0.05, 0.1) is 6.54 Å². The van der Waals surface area contributed by atoms with Gasteiger partial charge in [-0.2, -0.15) is 0 Å². The molecule has 1 heterocycles. The molecule has 7 heteroatoms. The maximum absolute atomic E-state index is 13.5. The van der Waals surface area contributed by atoms with Gasteiger partial charge in [-0.3, -0.25) is 15.0 Å². The van der Waals surface area contributed by atoms with Crippen LogP contribution in [0.15, 0.2) is 48.5 Å². The highest BCUT2D eigenvalue weighted by atomic mass is 19.1. The highest BCUT2D eigenvalue weighted by molar-refractivity contribution is 5.99. The second-order valence-electron chi connectivity index (χ2n) is 6.53. The number of hydrogen-bond donors (Lipinski definition) is 1. The van der Waals surface area contributed by atoms with Gasteiger partial charge in [-0.1, -0.05) is 24.3 Å². The minimum Gasteiger partial charge on any atom is -0.407 e. The molecule has 142 valence electrons. The number of hydrogen-bond acceptors (Lipinski definition) is 5. The Morgan fingerprint density at radius 2 is 1.81 bits per heavy atom. The predicted octanol–water partition coefficient (Wildman–Crippen LogP) is 2.87. The van der Waals surface area contributed by atoms with Crippen molar-refractivity contribution in [3.63, 3.8) is 0 Å². The van der Waals surface area contributed by atoms with Crippen molar-refractivity contribution in [2.24, 2.45) is 0 Å². The molecule has 0 radical (unpaired) electrons. The minimum absolute atomic E-state index is 0.00863. The van der Waals surface area contributed by atoms with Crippen LogP contribution >= 0.6 is 0 Å². The number of amides is 1. The lowest BCUT2D eigenvalue weighted by Gasteiger charge is -2.31. The van der Waals surface area contributed by atoms with E-state index in [1.807, 2.05) is 0 Å². The van der Waals surface area contributed by atoms with Crippen molar-refractivity contribution in [3.05, 3.63) is 59.9 Å². The largest absolute Gasteiger partial charge is 0.417 e. The fourth-order valence-electron chi connectivity index (χ4n) is 2.84. The van der Waals surface area contributed by atoms with E-state index >= 15 is 0 Å². The third-order valence-corrected chi connectivity index (χ3v) is 4.43. The van der Waals surface area contributed by atoms with Crippen LogP contribution in [-0.4, -0.2) is 61.4 Å². The number of anilines is 1. The lowest BCUT2D eigenvalue weighted by atomic mass is 10.1. The Morgan fingerprint density at radius 1 is 1.07 bits per heavy atom. The van der Waals surface area contributed by atoms with E-state index in [2.05, 4.69) is 22.2 Å². The average Bonchev–Trinajstić information content (AvgIpc) is 2.65. The van der Waals surface area contributed by atoms with Gasteiger partial charge in [-0.05, 0) is 31.3 Å². The Morgan fingerprint density at radius 3 is 2.56 bits per heavy atom. The summed E-state index contributed by atoms with van der Waals surface area (Å²) in [6.07, 6.45) is -0.816. The van der Waals surface area contributed by atoms with E-state index in [1.54, 1.807) is 30.3 Å². The number of ether oxygens (including phenoxy) is 1. The van der Waals surface area contributed by atoms with E-state index in [4.69, 9.17) is 4.74 Å². The Labute approximate surface area is 157 Å². The van der Waals surface area contributed by atoms with Crippen molar-refractivity contribution >= 4 is 17.6 Å². The van der Waals surface area contributed by atoms with Crippen molar-refractivity contribution in [2.45, 2.75) is 0 Å². The van der Waals surface area contributed by atoms with Gasteiger partial charge >= 0.3 is 6.09 Å². The molecule has 1 N–H and O–H groups in total. The number of ketones is 1. The van der Waals surface area contributed by atoms with Crippen LogP contribution in [-0.2, 0) is 0 Å². The number of nitrogens with one attached hydrogen (secondary N) is 1. The molecule has 0 spiro atoms. The first-order valence-corrected chi connectivity index (χ1v) is 8.79. The minimum atomic E-state index is -0.816. The first kappa shape index (κ1) is 19.0. The first-order chi connectivity index (χ1) is 13.0. The molecule has 3 rings (SSSR count). The van der Waals surface area contributed by atoms with Crippen molar-refractivity contribution in [1.82, 2.24) is 9.80 Å². The Kier molecular flexibility index (Phi) is 6.16. The quantitative estimate of drug-likeness (QED) is 0.819. The number of carbonyl (C=O) groups excluding carboxylic acids is 2. The van der Waals surface area contributed by atoms with Crippen molar-refractivity contribution in [3.8, 4) is 5.75 Å². The third-order valence-electron chi connectivity index (χ3n) is 4.43. The molecule has 0 unspecified atom stereocenters. The summed E-state index contributed by atoms with van der Waals surface area (Å²) in [7, 11) is 2.06. The van der Waals surface area contributed by atoms with Crippen LogP contribution in [0.3, 0.4) is 0 Å². The van der Waals surface area contributed by atoms with E-state index in [-0.39, 0.29) is 11.5 Å². The van der Waals surface area contributed by atoms with Gasteiger partial charge in [0.2, 0.25) is 0 Å². The van der Waals surface area contributed by atoms with Gasteiger partial charge in [0.15, 0.2) is 17.3 Å². The number of para-hydroxylation sites is 1. The summed E-state index contributed by atoms with van der Waals surface area (Å²) in [5, 5.41) is 2.52. The molecule has 1 amide bonds. The van der Waals surface area contributed by atoms with Crippen LogP contribution < -0.4 is 10.1 Å². The lowest BCUT2D eigenvalue weighted by molar-refractivity contribution is 0.0876. The normalized spacial score (nSPS) is 15.3. The molecule has 2 aromatic carbocycles. The van der Waals surface area contributed by atoms with Crippen molar-refractivity contribution in [2.75, 3.05) is 45.1 Å². The van der Waals surface area contributed by atoms with Gasteiger partial charge in [0.1, 0.15) is 0 Å². The van der Waals surface area contributed by atoms with E-state index in [9.17, 15) is 14.0 Å². The number of rotatable bonds is 5. The molecule has 1 aliphatic heterocycles. The first-order valence-electron chi connectivity index (χ1n) is 8.79. The van der Waals surface area contributed by atoms with Gasteiger partial charge in [0.25, 0.3) is 0 Å². The van der Waals surface area contributed by atoms with Gasteiger partial charge in [-0.25, -0.2) is 9.18 Å². The number of carbonyl (C=O) groups is 2. The second kappa shape index (κ2) is 8.75. The zero-order valence-corrected chi connectivity index (χ0v) is 15.2. The summed E-state index contributed by atoms with van der Waals surface area (Å²) in [5.74, 6) is -0.785. The predicted molar refractivity (Wildman–Crippen MR) is 101 cm³/mol. The number of halogens is 1. The standard InChI is InChI=1S/C20H22FN3O3/c1-23-9-11-24(12-10-23)14-18(25)15-5-4-6-16(13-15)22-20(26)27-19-8-3-2-7-17(19)21/h2-8,13H,9-12,14H2,1H3,(H,22,26). The molecule has 1 saturated heterocycles. The van der Waals surface area contributed by atoms with E-state index in [0.29, 0.717) is 17.8 Å². The topological polar surface area (TPSA) is 61.9 Å². The molecule has 6 nitrogen and oxygen atoms in total. The summed E-state index contributed by atoms with van der Waals surface area (Å²) < 4.78 is 18.5. The Hall–Kier alpha value is -2.77. The van der Waals surface area contributed by atoms with Crippen LogP contribution in [0.5, 0.6) is 5.75 Å². The molecule has 0 bridgehead atoms. The van der Waals surface area contributed by atoms with Crippen LogP contribution in [0.1, 0.15) is 10.4 Å². The average molecular weight is 371 g/mol. The number of nitrogens with zero attached hydrogens (tertiary/aromatic N) is 2. The molecule has 0 aromatic heterocycles. The fraction of sp³-hybridized carbons (Fsp3) is 0.300. The lowest BCUT2D eigenvalue weighted by Crippen LogP contribution is -2.46. The van der Waals surface area contributed by atoms with Gasteiger partial charge in [-0.15, -0.1) is 0 Å². The summed E-state index contributed by atoms with van der Waals surface area (Å²) in [6.45, 7) is 3.94. The zero-order chi connectivity index (χ0) is 19.2. The molecule has 27 heavy (non-hydrogen) atoms. The Bertz CT molecular complexity index is 820. The molecular formula is C20H22FN3O3. The highest BCUT2D eigenvalue weighted by Gasteiger charge is 2.18. The van der Waals surface area contributed by atoms with Gasteiger partial charge < -0.3 is 9.64 Å². The molecular weight excluding hydrogens is 349 g/mol. The fourth-order valence-corrected chi connectivity index (χ4v) is 2.84. The molecule has 0 aliphatic carbocycles. The van der Waals surface area contributed by atoms with Crippen LogP contribution in [0, 0.1) is 5.82 Å². The number of Topliss-reactive ketones (excluding diaryl/α,β-unsaturated/α-hetero) is 1. The SMILES string of the molecule is CN1CCN(CC(=O)c2cccc(NC(=O)Oc3ccccc3F)c2)CC1. The maximum atomic E-state index is 13.5. The number of benzene rings is 2. The smallest absolute Gasteiger partial charge is 0.407 e. The molecule has 2 aromatic rings. The second-order valence-corrected chi connectivity index (χ2v) is 6.53. The molecule has 1 aliphatic rings. The number of piperazine rings is 1. The summed E-state index contributed by atoms with van der Waals surface area (Å²) in [6, 6.07) is 12.3. The van der Waals surface area contributed by atoms with E-state index in [1.165, 1.54) is 18.2 Å². The molecule has 1 fully saturated rings. The third kappa shape index (κ3) is 5.35. The number of likely N-dealkylation sites (N-methyl/N-ethyl adjacent to an activating group) is 1. The Balaban J connectivity index is 1.59. The summed E-state index contributed by atoms with van der Waals surface area (Å²) >= 11 is 0. The molecule has 0 atom stereocenters. The van der Waals surface area contributed by atoms with Crippen molar-refractivity contribution in [1.29, 1.82) is 0 Å². The maximum Gasteiger partial charge on any atom is 0.417 e. The van der Waals surface area contributed by atoms with Crippen LogP contribution in [0.4, 0.5) is 14.9 Å². The zero-order valence-electron chi connectivity index (χ0n) is 15.2. The van der Waals surface area contributed by atoms with Crippen LogP contribution in [0.25, 0.3) is 0 Å². The summed E-state index contributed by atoms with van der Waals surface area (Å²) in [5.41, 5.74) is 0.929. The van der Waals surface area contributed by atoms with Crippen LogP contribution in [0.2, 0.25) is 0 Å². The van der Waals surface area contributed by atoms with Gasteiger partial charge in [0, 0.05) is 37.4 Å². The van der Waals surface area contributed by atoms with E-state index < -0.39 is 11.9 Å². The van der Waals surface area contributed by atoms with E-state index in [0.717, 1.165) is 26.2 Å². The highest BCUT2D eigenvalue weighted by Crippen LogP contribution is 2.17. The summed E-state index contributed by atoms with van der Waals surface area (Å²) in [4.78, 5) is 28.8. The van der Waals surface area contributed by atoms with Crippen molar-refractivity contribution < 1.29 is 18.7 Å². The monoisotopic (exact) mass is 371 g/mol. The molecule has 0 saturated carbocycles.